The first-order chi connectivity index (χ1) is 9.51. The lowest BCUT2D eigenvalue weighted by atomic mass is 10.1. The molecule has 0 unspecified atom stereocenters. The van der Waals surface area contributed by atoms with Gasteiger partial charge >= 0.3 is 5.97 Å². The number of nitrogens with two attached hydrogens (primary N) is 1. The lowest BCUT2D eigenvalue weighted by Gasteiger charge is -2.09. The van der Waals surface area contributed by atoms with Crippen LogP contribution in [0.15, 0.2) is 34.6 Å². The molecule has 0 saturated carbocycles. The van der Waals surface area contributed by atoms with Gasteiger partial charge in [-0.05, 0) is 48.9 Å². The van der Waals surface area contributed by atoms with Crippen molar-refractivity contribution in [2.45, 2.75) is 23.9 Å². The van der Waals surface area contributed by atoms with E-state index in [1.807, 2.05) is 19.9 Å². The SMILES string of the molecule is COC(=O)c1cc(Sc2ncc(C)cn2)cc(C)c1N. The Labute approximate surface area is 121 Å². The molecular weight excluding hydrogens is 274 g/mol. The number of aromatic nitrogens is 2. The Balaban J connectivity index is 2.35. The molecule has 0 aliphatic heterocycles. The Kier molecular flexibility index (Phi) is 4.24. The van der Waals surface area contributed by atoms with Crippen LogP contribution in [0, 0.1) is 13.8 Å². The summed E-state index contributed by atoms with van der Waals surface area (Å²) < 4.78 is 4.73. The number of rotatable bonds is 3. The van der Waals surface area contributed by atoms with Crippen LogP contribution >= 0.6 is 11.8 Å². The molecular formula is C14H15N3O2S. The molecule has 1 aromatic heterocycles. The molecule has 104 valence electrons. The second-order valence-corrected chi connectivity index (χ2v) is 5.38. The highest BCUT2D eigenvalue weighted by Crippen LogP contribution is 2.30. The van der Waals surface area contributed by atoms with Gasteiger partial charge in [-0.3, -0.25) is 0 Å². The van der Waals surface area contributed by atoms with Crippen LogP contribution in [0.5, 0.6) is 0 Å². The van der Waals surface area contributed by atoms with Gasteiger partial charge in [-0.1, -0.05) is 0 Å². The van der Waals surface area contributed by atoms with Gasteiger partial charge in [0.1, 0.15) is 0 Å². The minimum atomic E-state index is -0.446. The van der Waals surface area contributed by atoms with E-state index in [4.69, 9.17) is 10.5 Å². The van der Waals surface area contributed by atoms with Crippen LogP contribution in [-0.2, 0) is 4.74 Å². The monoisotopic (exact) mass is 289 g/mol. The van der Waals surface area contributed by atoms with E-state index in [0.717, 1.165) is 16.0 Å². The zero-order valence-corrected chi connectivity index (χ0v) is 12.3. The van der Waals surface area contributed by atoms with Gasteiger partial charge in [0, 0.05) is 23.0 Å². The zero-order valence-electron chi connectivity index (χ0n) is 11.5. The van der Waals surface area contributed by atoms with E-state index >= 15 is 0 Å². The van der Waals surface area contributed by atoms with Gasteiger partial charge in [0.25, 0.3) is 0 Å². The Morgan fingerprint density at radius 1 is 1.25 bits per heavy atom. The molecule has 20 heavy (non-hydrogen) atoms. The van der Waals surface area contributed by atoms with Crippen LogP contribution in [0.2, 0.25) is 0 Å². The van der Waals surface area contributed by atoms with E-state index in [1.165, 1.54) is 18.9 Å². The fourth-order valence-corrected chi connectivity index (χ4v) is 2.48. The molecule has 0 amide bonds. The number of nitrogens with zero attached hydrogens (tertiary/aromatic N) is 2. The second-order valence-electron chi connectivity index (χ2n) is 4.34. The number of esters is 1. The predicted molar refractivity (Wildman–Crippen MR) is 77.8 cm³/mol. The number of ether oxygens (including phenoxy) is 1. The van der Waals surface area contributed by atoms with Crippen molar-refractivity contribution in [1.82, 2.24) is 9.97 Å². The molecule has 1 aromatic carbocycles. The number of carbonyl (C=O) groups is 1. The second kappa shape index (κ2) is 5.92. The van der Waals surface area contributed by atoms with E-state index in [1.54, 1.807) is 18.5 Å². The van der Waals surface area contributed by atoms with Gasteiger partial charge < -0.3 is 10.5 Å². The Morgan fingerprint density at radius 3 is 2.50 bits per heavy atom. The summed E-state index contributed by atoms with van der Waals surface area (Å²) in [6, 6.07) is 3.59. The average molecular weight is 289 g/mol. The van der Waals surface area contributed by atoms with Crippen molar-refractivity contribution in [1.29, 1.82) is 0 Å². The molecule has 0 aliphatic rings. The summed E-state index contributed by atoms with van der Waals surface area (Å²) >= 11 is 1.38. The van der Waals surface area contributed by atoms with Crippen LogP contribution in [-0.4, -0.2) is 23.0 Å². The molecule has 0 aliphatic carbocycles. The topological polar surface area (TPSA) is 78.1 Å². The van der Waals surface area contributed by atoms with Crippen molar-refractivity contribution in [3.8, 4) is 0 Å². The third kappa shape index (κ3) is 3.08. The Bertz CT molecular complexity index is 642. The van der Waals surface area contributed by atoms with Gasteiger partial charge in [0.05, 0.1) is 12.7 Å². The van der Waals surface area contributed by atoms with E-state index in [9.17, 15) is 4.79 Å². The highest BCUT2D eigenvalue weighted by atomic mass is 32.2. The van der Waals surface area contributed by atoms with Gasteiger partial charge in [-0.25, -0.2) is 14.8 Å². The third-order valence-electron chi connectivity index (χ3n) is 2.73. The molecule has 0 fully saturated rings. The molecule has 0 atom stereocenters. The van der Waals surface area contributed by atoms with Crippen LogP contribution in [0.25, 0.3) is 0 Å². The van der Waals surface area contributed by atoms with Gasteiger partial charge in [0.15, 0.2) is 5.16 Å². The first-order valence-electron chi connectivity index (χ1n) is 5.96. The number of hydrogen-bond donors (Lipinski definition) is 1. The van der Waals surface area contributed by atoms with Gasteiger partial charge in [-0.2, -0.15) is 0 Å². The van der Waals surface area contributed by atoms with Crippen molar-refractivity contribution in [2.75, 3.05) is 12.8 Å². The third-order valence-corrected chi connectivity index (χ3v) is 3.60. The summed E-state index contributed by atoms with van der Waals surface area (Å²) in [4.78, 5) is 21.0. The number of nitrogen functional groups attached to an aromatic ring is 1. The summed E-state index contributed by atoms with van der Waals surface area (Å²) in [5, 5.41) is 0.621. The number of aryl methyl sites for hydroxylation is 2. The van der Waals surface area contributed by atoms with Crippen molar-refractivity contribution >= 4 is 23.4 Å². The number of hydrogen-bond acceptors (Lipinski definition) is 6. The van der Waals surface area contributed by atoms with Crippen molar-refractivity contribution in [3.63, 3.8) is 0 Å². The fraction of sp³-hybridized carbons (Fsp3) is 0.214. The number of carbonyl (C=O) groups excluding carboxylic acids is 1. The van der Waals surface area contributed by atoms with Crippen LogP contribution in [0.4, 0.5) is 5.69 Å². The Morgan fingerprint density at radius 2 is 1.90 bits per heavy atom. The fourth-order valence-electron chi connectivity index (χ4n) is 1.64. The summed E-state index contributed by atoms with van der Waals surface area (Å²) in [5.74, 6) is -0.446. The molecule has 6 heteroatoms. The molecule has 5 nitrogen and oxygen atoms in total. The highest BCUT2D eigenvalue weighted by molar-refractivity contribution is 7.99. The van der Waals surface area contributed by atoms with Crippen molar-refractivity contribution < 1.29 is 9.53 Å². The lowest BCUT2D eigenvalue weighted by Crippen LogP contribution is -2.07. The van der Waals surface area contributed by atoms with Crippen LogP contribution in [0.1, 0.15) is 21.5 Å². The molecule has 2 N–H and O–H groups in total. The predicted octanol–water partition coefficient (Wildman–Crippen LogP) is 2.61. The lowest BCUT2D eigenvalue weighted by molar-refractivity contribution is 0.0601. The standard InChI is InChI=1S/C14H15N3O2S/c1-8-6-16-14(17-7-8)20-10-4-9(2)12(15)11(5-10)13(18)19-3/h4-7H,15H2,1-3H3. The van der Waals surface area contributed by atoms with E-state index < -0.39 is 5.97 Å². The highest BCUT2D eigenvalue weighted by Gasteiger charge is 2.14. The maximum atomic E-state index is 11.7. The largest absolute Gasteiger partial charge is 0.465 e. The zero-order chi connectivity index (χ0) is 14.7. The minimum absolute atomic E-state index is 0.363. The number of anilines is 1. The maximum Gasteiger partial charge on any atom is 0.340 e. The molecule has 0 spiro atoms. The molecule has 0 bridgehead atoms. The minimum Gasteiger partial charge on any atom is -0.465 e. The number of benzene rings is 1. The molecule has 0 saturated heterocycles. The normalized spacial score (nSPS) is 10.3. The molecule has 2 aromatic rings. The average Bonchev–Trinajstić information content (AvgIpc) is 2.44. The summed E-state index contributed by atoms with van der Waals surface area (Å²) in [5.41, 5.74) is 8.52. The smallest absolute Gasteiger partial charge is 0.340 e. The molecule has 0 radical (unpaired) electrons. The van der Waals surface area contributed by atoms with Gasteiger partial charge in [-0.15, -0.1) is 0 Å². The summed E-state index contributed by atoms with van der Waals surface area (Å²) in [7, 11) is 1.33. The summed E-state index contributed by atoms with van der Waals surface area (Å²) in [6.45, 7) is 3.78. The molecule has 2 rings (SSSR count). The first kappa shape index (κ1) is 14.3. The number of methoxy groups -OCH3 is 1. The molecule has 1 heterocycles. The first-order valence-corrected chi connectivity index (χ1v) is 6.78. The van der Waals surface area contributed by atoms with Crippen LogP contribution < -0.4 is 5.73 Å². The van der Waals surface area contributed by atoms with Crippen LogP contribution in [0.3, 0.4) is 0 Å². The summed E-state index contributed by atoms with van der Waals surface area (Å²) in [6.07, 6.45) is 3.50. The Hall–Kier alpha value is -2.08. The van der Waals surface area contributed by atoms with Gasteiger partial charge in [0.2, 0.25) is 0 Å². The van der Waals surface area contributed by atoms with E-state index in [2.05, 4.69) is 9.97 Å². The maximum absolute atomic E-state index is 11.7. The van der Waals surface area contributed by atoms with Crippen molar-refractivity contribution in [3.05, 3.63) is 41.2 Å². The van der Waals surface area contributed by atoms with E-state index in [0.29, 0.717) is 16.4 Å². The van der Waals surface area contributed by atoms with E-state index in [-0.39, 0.29) is 0 Å². The van der Waals surface area contributed by atoms with Crippen molar-refractivity contribution in [2.24, 2.45) is 0 Å². The quantitative estimate of drug-likeness (QED) is 0.531.